The summed E-state index contributed by atoms with van der Waals surface area (Å²) >= 11 is 0.817. The number of hydrogen-bond acceptors (Lipinski definition) is 8. The number of imide groups is 1. The van der Waals surface area contributed by atoms with E-state index in [9.17, 15) is 18.0 Å². The Bertz CT molecular complexity index is 1420. The van der Waals surface area contributed by atoms with Gasteiger partial charge in [-0.05, 0) is 84.4 Å². The lowest BCUT2D eigenvalue weighted by atomic mass is 10.2. The van der Waals surface area contributed by atoms with Crippen LogP contribution in [0.2, 0.25) is 0 Å². The van der Waals surface area contributed by atoms with Gasteiger partial charge in [-0.2, -0.15) is 8.42 Å². The van der Waals surface area contributed by atoms with E-state index in [-0.39, 0.29) is 28.7 Å². The zero-order valence-electron chi connectivity index (χ0n) is 19.5. The van der Waals surface area contributed by atoms with Gasteiger partial charge in [-0.25, -0.2) is 0 Å². The predicted octanol–water partition coefficient (Wildman–Crippen LogP) is 4.89. The number of hydrogen-bond donors (Lipinski definition) is 0. The van der Waals surface area contributed by atoms with E-state index in [0.29, 0.717) is 17.1 Å². The first-order chi connectivity index (χ1) is 17.2. The van der Waals surface area contributed by atoms with E-state index >= 15 is 0 Å². The van der Waals surface area contributed by atoms with Crippen molar-refractivity contribution < 1.29 is 31.7 Å². The number of amides is 2. The van der Waals surface area contributed by atoms with Crippen molar-refractivity contribution in [1.82, 2.24) is 4.90 Å². The maximum absolute atomic E-state index is 12.8. The summed E-state index contributed by atoms with van der Waals surface area (Å²) in [6.45, 7) is 2.23. The summed E-state index contributed by atoms with van der Waals surface area (Å²) in [4.78, 5) is 26.5. The number of nitrogens with zero attached hydrogens (tertiary/aromatic N) is 1. The smallest absolute Gasteiger partial charge is 0.339 e. The molecule has 3 aromatic carbocycles. The Kier molecular flexibility index (Phi) is 7.66. The van der Waals surface area contributed by atoms with Crippen LogP contribution >= 0.6 is 11.8 Å². The Morgan fingerprint density at radius 2 is 1.64 bits per heavy atom. The van der Waals surface area contributed by atoms with Gasteiger partial charge in [0.1, 0.15) is 28.8 Å². The standard InChI is InChI=1S/C26H23NO7S2/c1-18-5-3-7-21(15-18)33-14-13-27-25(28)24(35-26(27)29)17-19-6-4-8-22(16-19)34-36(30,31)23-11-9-20(32-2)10-12-23/h3-12,15-17H,13-14H2,1-2H3/b24-17-. The molecule has 0 spiro atoms. The first kappa shape index (κ1) is 25.3. The maximum atomic E-state index is 12.8. The van der Waals surface area contributed by atoms with E-state index in [0.717, 1.165) is 22.2 Å². The van der Waals surface area contributed by atoms with Gasteiger partial charge in [0.15, 0.2) is 0 Å². The highest BCUT2D eigenvalue weighted by atomic mass is 32.2. The minimum absolute atomic E-state index is 0.0253. The first-order valence-corrected chi connectivity index (χ1v) is 13.1. The van der Waals surface area contributed by atoms with Crippen LogP contribution < -0.4 is 13.7 Å². The van der Waals surface area contributed by atoms with Crippen molar-refractivity contribution in [3.8, 4) is 17.2 Å². The Morgan fingerprint density at radius 3 is 2.36 bits per heavy atom. The third-order valence-electron chi connectivity index (χ3n) is 5.16. The molecular formula is C26H23NO7S2. The Labute approximate surface area is 213 Å². The fourth-order valence-corrected chi connectivity index (χ4v) is 5.17. The number of methoxy groups -OCH3 is 1. The Hall–Kier alpha value is -3.76. The summed E-state index contributed by atoms with van der Waals surface area (Å²) in [5, 5.41) is -0.395. The topological polar surface area (TPSA) is 99.2 Å². The SMILES string of the molecule is COc1ccc(S(=O)(=O)Oc2cccc(/C=C3\SC(=O)N(CCOc4cccc(C)c4)C3=O)c2)cc1. The largest absolute Gasteiger partial charge is 0.497 e. The molecule has 1 fully saturated rings. The maximum Gasteiger partial charge on any atom is 0.339 e. The van der Waals surface area contributed by atoms with Crippen molar-refractivity contribution in [2.45, 2.75) is 11.8 Å². The van der Waals surface area contributed by atoms with Crippen LogP contribution in [0, 0.1) is 6.92 Å². The molecule has 4 rings (SSSR count). The number of ether oxygens (including phenoxy) is 2. The fourth-order valence-electron chi connectivity index (χ4n) is 3.38. The molecular weight excluding hydrogens is 502 g/mol. The number of benzene rings is 3. The van der Waals surface area contributed by atoms with E-state index in [4.69, 9.17) is 13.7 Å². The average molecular weight is 526 g/mol. The molecule has 1 heterocycles. The van der Waals surface area contributed by atoms with Crippen LogP contribution in [-0.2, 0) is 14.9 Å². The Balaban J connectivity index is 1.42. The van der Waals surface area contributed by atoms with Crippen LogP contribution in [0.3, 0.4) is 0 Å². The van der Waals surface area contributed by atoms with Crippen LogP contribution in [0.5, 0.6) is 17.2 Å². The lowest BCUT2D eigenvalue weighted by Gasteiger charge is -2.13. The van der Waals surface area contributed by atoms with Gasteiger partial charge in [-0.15, -0.1) is 0 Å². The highest BCUT2D eigenvalue weighted by Gasteiger charge is 2.34. The highest BCUT2D eigenvalue weighted by molar-refractivity contribution is 8.18. The van der Waals surface area contributed by atoms with E-state index in [1.165, 1.54) is 49.6 Å². The van der Waals surface area contributed by atoms with Crippen molar-refractivity contribution in [3.63, 3.8) is 0 Å². The zero-order chi connectivity index (χ0) is 25.7. The van der Waals surface area contributed by atoms with Gasteiger partial charge in [0.2, 0.25) is 0 Å². The second-order valence-corrected chi connectivity index (χ2v) is 10.3. The van der Waals surface area contributed by atoms with Crippen LogP contribution in [0.15, 0.2) is 82.6 Å². The van der Waals surface area contributed by atoms with Gasteiger partial charge in [0.05, 0.1) is 18.6 Å². The summed E-state index contributed by atoms with van der Waals surface area (Å²) in [7, 11) is -2.59. The second kappa shape index (κ2) is 10.9. The van der Waals surface area contributed by atoms with Gasteiger partial charge in [0, 0.05) is 0 Å². The summed E-state index contributed by atoms with van der Waals surface area (Å²) in [6, 6.07) is 19.6. The lowest BCUT2D eigenvalue weighted by molar-refractivity contribution is -0.123. The quantitative estimate of drug-likeness (QED) is 0.288. The molecule has 0 aliphatic carbocycles. The molecule has 0 radical (unpaired) electrons. The minimum Gasteiger partial charge on any atom is -0.497 e. The van der Waals surface area contributed by atoms with Gasteiger partial charge >= 0.3 is 10.1 Å². The molecule has 36 heavy (non-hydrogen) atoms. The molecule has 1 aliphatic heterocycles. The minimum atomic E-state index is -4.07. The molecule has 0 unspecified atom stereocenters. The molecule has 0 atom stereocenters. The van der Waals surface area contributed by atoms with Crippen molar-refractivity contribution in [3.05, 3.63) is 88.8 Å². The molecule has 1 aliphatic rings. The molecule has 186 valence electrons. The summed E-state index contributed by atoms with van der Waals surface area (Å²) in [5.74, 6) is 0.825. The number of thioether (sulfide) groups is 1. The molecule has 0 N–H and O–H groups in total. The molecule has 0 aromatic heterocycles. The summed E-state index contributed by atoms with van der Waals surface area (Å²) < 4.78 is 41.2. The van der Waals surface area contributed by atoms with Gasteiger partial charge < -0.3 is 13.7 Å². The van der Waals surface area contributed by atoms with Crippen LogP contribution in [0.4, 0.5) is 4.79 Å². The van der Waals surface area contributed by atoms with Crippen molar-refractivity contribution in [2.75, 3.05) is 20.3 Å². The van der Waals surface area contributed by atoms with Crippen molar-refractivity contribution in [1.29, 1.82) is 0 Å². The number of aryl methyl sites for hydroxylation is 1. The first-order valence-electron chi connectivity index (χ1n) is 10.9. The predicted molar refractivity (Wildman–Crippen MR) is 137 cm³/mol. The summed E-state index contributed by atoms with van der Waals surface area (Å²) in [6.07, 6.45) is 1.53. The van der Waals surface area contributed by atoms with Crippen molar-refractivity contribution >= 4 is 39.1 Å². The molecule has 3 aromatic rings. The number of carbonyl (C=O) groups excluding carboxylic acids is 2. The third kappa shape index (κ3) is 6.07. The molecule has 1 saturated heterocycles. The fraction of sp³-hybridized carbons (Fsp3) is 0.154. The van der Waals surface area contributed by atoms with E-state index in [1.807, 2.05) is 31.2 Å². The third-order valence-corrected chi connectivity index (χ3v) is 7.33. The van der Waals surface area contributed by atoms with Crippen molar-refractivity contribution in [2.24, 2.45) is 0 Å². The van der Waals surface area contributed by atoms with E-state index in [1.54, 1.807) is 12.1 Å². The van der Waals surface area contributed by atoms with E-state index in [2.05, 4.69) is 0 Å². The van der Waals surface area contributed by atoms with E-state index < -0.39 is 21.3 Å². The van der Waals surface area contributed by atoms with Gasteiger partial charge in [-0.1, -0.05) is 24.3 Å². The normalized spacial score (nSPS) is 14.8. The number of rotatable bonds is 9. The monoisotopic (exact) mass is 525 g/mol. The summed E-state index contributed by atoms with van der Waals surface area (Å²) in [5.41, 5.74) is 1.56. The zero-order valence-corrected chi connectivity index (χ0v) is 21.2. The van der Waals surface area contributed by atoms with Gasteiger partial charge in [-0.3, -0.25) is 14.5 Å². The van der Waals surface area contributed by atoms with Crippen LogP contribution in [0.25, 0.3) is 6.08 Å². The molecule has 2 amide bonds. The van der Waals surface area contributed by atoms with Crippen LogP contribution in [0.1, 0.15) is 11.1 Å². The average Bonchev–Trinajstić information content (AvgIpc) is 3.11. The second-order valence-electron chi connectivity index (χ2n) is 7.78. The molecule has 8 nitrogen and oxygen atoms in total. The number of carbonyl (C=O) groups is 2. The van der Waals surface area contributed by atoms with Crippen LogP contribution in [-0.4, -0.2) is 44.7 Å². The molecule has 0 saturated carbocycles. The van der Waals surface area contributed by atoms with Gasteiger partial charge in [0.25, 0.3) is 11.1 Å². The molecule has 10 heteroatoms. The Morgan fingerprint density at radius 1 is 0.917 bits per heavy atom. The highest BCUT2D eigenvalue weighted by Crippen LogP contribution is 2.33. The lowest BCUT2D eigenvalue weighted by Crippen LogP contribution is -2.32. The molecule has 0 bridgehead atoms.